The van der Waals surface area contributed by atoms with Crippen LogP contribution in [0.5, 0.6) is 0 Å². The molecular weight excluding hydrogens is 432 g/mol. The minimum absolute atomic E-state index is 0.237. The van der Waals surface area contributed by atoms with Crippen LogP contribution in [0.15, 0.2) is 0 Å². The molecule has 0 aromatic heterocycles. The molecule has 6 heteroatoms. The molecule has 3 saturated carbocycles. The van der Waals surface area contributed by atoms with Crippen LogP contribution in [-0.2, 0) is 28.6 Å². The van der Waals surface area contributed by atoms with Crippen LogP contribution in [0.1, 0.15) is 135 Å². The fraction of sp³-hybridized carbons (Fsp3) is 0.893. The van der Waals surface area contributed by atoms with Gasteiger partial charge in [0.25, 0.3) is 5.92 Å². The van der Waals surface area contributed by atoms with E-state index in [0.717, 1.165) is 116 Å². The molecule has 0 aromatic carbocycles. The molecule has 3 aliphatic rings. The third-order valence-electron chi connectivity index (χ3n) is 7.71. The number of carbonyl (C=O) groups is 3. The van der Waals surface area contributed by atoms with E-state index in [-0.39, 0.29) is 18.3 Å². The minimum atomic E-state index is -1.62. The van der Waals surface area contributed by atoms with Gasteiger partial charge >= 0.3 is 17.9 Å². The summed E-state index contributed by atoms with van der Waals surface area (Å²) in [6, 6.07) is 0. The molecule has 0 unspecified atom stereocenters. The van der Waals surface area contributed by atoms with Gasteiger partial charge in [0.1, 0.15) is 18.3 Å². The summed E-state index contributed by atoms with van der Waals surface area (Å²) >= 11 is 0. The largest absolute Gasteiger partial charge is 0.461 e. The topological polar surface area (TPSA) is 78.9 Å². The predicted molar refractivity (Wildman–Crippen MR) is 130 cm³/mol. The second-order valence-electron chi connectivity index (χ2n) is 10.6. The summed E-state index contributed by atoms with van der Waals surface area (Å²) in [6.45, 7) is 0. The van der Waals surface area contributed by atoms with Gasteiger partial charge in [0.05, 0.1) is 0 Å². The summed E-state index contributed by atoms with van der Waals surface area (Å²) in [4.78, 5) is 39.6. The quantitative estimate of drug-likeness (QED) is 0.244. The number of rotatable bonds is 6. The molecule has 3 rings (SSSR count). The SMILES string of the molecule is O=C(OC1CCCCCCC1)C(C(=O)OC1CCCCCCC1)C(=O)OC1CCCCCCC1. The van der Waals surface area contributed by atoms with Crippen molar-refractivity contribution in [1.82, 2.24) is 0 Å². The van der Waals surface area contributed by atoms with Gasteiger partial charge < -0.3 is 14.2 Å². The first-order valence-corrected chi connectivity index (χ1v) is 14.2. The molecular formula is C28H46O6. The zero-order valence-corrected chi connectivity index (χ0v) is 21.1. The van der Waals surface area contributed by atoms with Gasteiger partial charge in [0.2, 0.25) is 0 Å². The standard InChI is InChI=1S/C28H46O6/c29-26(32-22-16-10-4-1-5-11-17-22)25(27(30)33-23-18-12-6-2-7-13-19-23)28(31)34-24-20-14-8-3-9-15-21-24/h22-25H,1-21H2. The Labute approximate surface area is 205 Å². The van der Waals surface area contributed by atoms with E-state index in [4.69, 9.17) is 14.2 Å². The van der Waals surface area contributed by atoms with Crippen molar-refractivity contribution in [3.63, 3.8) is 0 Å². The molecule has 0 saturated heterocycles. The van der Waals surface area contributed by atoms with Crippen LogP contribution in [0, 0.1) is 5.92 Å². The Kier molecular flexibility index (Phi) is 12.2. The zero-order valence-electron chi connectivity index (χ0n) is 21.1. The van der Waals surface area contributed by atoms with Gasteiger partial charge in [-0.1, -0.05) is 57.8 Å². The fourth-order valence-electron chi connectivity index (χ4n) is 5.60. The van der Waals surface area contributed by atoms with E-state index in [0.29, 0.717) is 0 Å². The Morgan fingerprint density at radius 2 is 0.588 bits per heavy atom. The first-order valence-electron chi connectivity index (χ1n) is 14.2. The Bertz CT molecular complexity index is 523. The zero-order chi connectivity index (χ0) is 24.0. The van der Waals surface area contributed by atoms with Gasteiger partial charge in [0, 0.05) is 0 Å². The monoisotopic (exact) mass is 478 g/mol. The number of hydrogen-bond donors (Lipinski definition) is 0. The molecule has 34 heavy (non-hydrogen) atoms. The van der Waals surface area contributed by atoms with Crippen LogP contribution in [0.4, 0.5) is 0 Å². The predicted octanol–water partition coefficient (Wildman–Crippen LogP) is 6.57. The molecule has 0 aromatic rings. The van der Waals surface area contributed by atoms with Crippen molar-refractivity contribution in [3.8, 4) is 0 Å². The lowest BCUT2D eigenvalue weighted by Crippen LogP contribution is -2.40. The molecule has 3 aliphatic carbocycles. The highest BCUT2D eigenvalue weighted by molar-refractivity contribution is 6.12. The highest BCUT2D eigenvalue weighted by atomic mass is 16.6. The smallest absolute Gasteiger partial charge is 0.332 e. The molecule has 0 N–H and O–H groups in total. The molecule has 0 bridgehead atoms. The molecule has 0 atom stereocenters. The highest BCUT2D eigenvalue weighted by Crippen LogP contribution is 2.25. The lowest BCUT2D eigenvalue weighted by Gasteiger charge is -2.26. The van der Waals surface area contributed by atoms with Crippen molar-refractivity contribution < 1.29 is 28.6 Å². The van der Waals surface area contributed by atoms with E-state index in [1.165, 1.54) is 19.3 Å². The number of carbonyl (C=O) groups excluding carboxylic acids is 3. The maximum atomic E-state index is 13.2. The van der Waals surface area contributed by atoms with E-state index >= 15 is 0 Å². The average molecular weight is 479 g/mol. The summed E-state index contributed by atoms with van der Waals surface area (Å²) < 4.78 is 17.3. The second kappa shape index (κ2) is 15.4. The minimum Gasteiger partial charge on any atom is -0.461 e. The van der Waals surface area contributed by atoms with E-state index in [1.54, 1.807) is 0 Å². The highest BCUT2D eigenvalue weighted by Gasteiger charge is 2.42. The summed E-state index contributed by atoms with van der Waals surface area (Å²) in [5.41, 5.74) is 0. The third-order valence-corrected chi connectivity index (χ3v) is 7.71. The van der Waals surface area contributed by atoms with Crippen LogP contribution in [0.3, 0.4) is 0 Å². The van der Waals surface area contributed by atoms with Gasteiger partial charge in [-0.05, 0) is 77.0 Å². The van der Waals surface area contributed by atoms with Crippen LogP contribution in [0.2, 0.25) is 0 Å². The number of esters is 3. The number of ether oxygens (including phenoxy) is 3. The molecule has 6 nitrogen and oxygen atoms in total. The van der Waals surface area contributed by atoms with E-state index < -0.39 is 23.8 Å². The molecule has 0 radical (unpaired) electrons. The first kappa shape index (κ1) is 27.0. The Hall–Kier alpha value is -1.59. The molecule has 3 fully saturated rings. The first-order chi connectivity index (χ1) is 16.6. The van der Waals surface area contributed by atoms with Crippen LogP contribution >= 0.6 is 0 Å². The Morgan fingerprint density at radius 3 is 0.824 bits per heavy atom. The van der Waals surface area contributed by atoms with Crippen molar-refractivity contribution in [2.75, 3.05) is 0 Å². The summed E-state index contributed by atoms with van der Waals surface area (Å²) in [5, 5.41) is 0. The second-order valence-corrected chi connectivity index (χ2v) is 10.6. The van der Waals surface area contributed by atoms with E-state index in [2.05, 4.69) is 0 Å². The van der Waals surface area contributed by atoms with Crippen molar-refractivity contribution in [3.05, 3.63) is 0 Å². The van der Waals surface area contributed by atoms with Crippen LogP contribution in [-0.4, -0.2) is 36.2 Å². The van der Waals surface area contributed by atoms with Gasteiger partial charge in [-0.25, -0.2) is 0 Å². The van der Waals surface area contributed by atoms with E-state index in [9.17, 15) is 14.4 Å². The van der Waals surface area contributed by atoms with Gasteiger partial charge in [-0.15, -0.1) is 0 Å². The molecule has 0 aliphatic heterocycles. The lowest BCUT2D eigenvalue weighted by atomic mass is 9.97. The van der Waals surface area contributed by atoms with Gasteiger partial charge in [0.15, 0.2) is 0 Å². The van der Waals surface area contributed by atoms with Crippen molar-refractivity contribution in [1.29, 1.82) is 0 Å². The summed E-state index contributed by atoms with van der Waals surface area (Å²) in [6.07, 6.45) is 20.4. The maximum Gasteiger partial charge on any atom is 0.332 e. The normalized spacial score (nSPS) is 22.9. The van der Waals surface area contributed by atoms with Gasteiger partial charge in [-0.2, -0.15) is 0 Å². The fourth-order valence-corrected chi connectivity index (χ4v) is 5.60. The molecule has 0 heterocycles. The van der Waals surface area contributed by atoms with E-state index in [1.807, 2.05) is 0 Å². The maximum absolute atomic E-state index is 13.2. The van der Waals surface area contributed by atoms with Crippen molar-refractivity contribution in [2.45, 2.75) is 153 Å². The van der Waals surface area contributed by atoms with Crippen LogP contribution < -0.4 is 0 Å². The summed E-state index contributed by atoms with van der Waals surface area (Å²) in [7, 11) is 0. The molecule has 194 valence electrons. The average Bonchev–Trinajstić information content (AvgIpc) is 2.74. The lowest BCUT2D eigenvalue weighted by molar-refractivity contribution is -0.179. The van der Waals surface area contributed by atoms with Crippen LogP contribution in [0.25, 0.3) is 0 Å². The van der Waals surface area contributed by atoms with Crippen molar-refractivity contribution >= 4 is 17.9 Å². The van der Waals surface area contributed by atoms with Crippen molar-refractivity contribution in [2.24, 2.45) is 5.92 Å². The molecule has 0 amide bonds. The van der Waals surface area contributed by atoms with Gasteiger partial charge in [-0.3, -0.25) is 14.4 Å². The Morgan fingerprint density at radius 1 is 0.382 bits per heavy atom. The molecule has 0 spiro atoms. The Balaban J connectivity index is 1.65. The third kappa shape index (κ3) is 9.58. The summed E-state index contributed by atoms with van der Waals surface area (Å²) in [5.74, 6) is -3.96. The number of hydrogen-bond acceptors (Lipinski definition) is 6.